The quantitative estimate of drug-likeness (QED) is 0.917. The second-order valence-corrected chi connectivity index (χ2v) is 4.80. The number of hydrogen-bond acceptors (Lipinski definition) is 2. The number of rotatable bonds is 3. The van der Waals surface area contributed by atoms with Crippen LogP contribution in [-0.2, 0) is 4.79 Å². The van der Waals surface area contributed by atoms with Gasteiger partial charge in [0.15, 0.2) is 0 Å². The van der Waals surface area contributed by atoms with Crippen molar-refractivity contribution in [3.8, 4) is 0 Å². The van der Waals surface area contributed by atoms with Gasteiger partial charge in [0.1, 0.15) is 5.82 Å². The van der Waals surface area contributed by atoms with Gasteiger partial charge in [-0.2, -0.15) is 0 Å². The third-order valence-corrected chi connectivity index (χ3v) is 2.86. The molecule has 82 valence electrons. The summed E-state index contributed by atoms with van der Waals surface area (Å²) in [6.07, 6.45) is 1.66. The number of amides is 1. The van der Waals surface area contributed by atoms with Gasteiger partial charge in [-0.25, -0.2) is 4.98 Å². The predicted molar refractivity (Wildman–Crippen MR) is 64.6 cm³/mol. The maximum Gasteiger partial charge on any atom is 0.228 e. The minimum Gasteiger partial charge on any atom is -0.310 e. The second kappa shape index (κ2) is 5.26. The highest BCUT2D eigenvalue weighted by Gasteiger charge is 2.16. The second-order valence-electron chi connectivity index (χ2n) is 3.88. The number of hydrogen-bond donors (Lipinski definition) is 1. The largest absolute Gasteiger partial charge is 0.310 e. The predicted octanol–water partition coefficient (Wildman–Crippen LogP) is 3.07. The molecule has 15 heavy (non-hydrogen) atoms. The van der Waals surface area contributed by atoms with E-state index in [9.17, 15) is 4.79 Å². The molecular formula is C11H15BrN2O. The van der Waals surface area contributed by atoms with E-state index in [-0.39, 0.29) is 11.8 Å². The van der Waals surface area contributed by atoms with Crippen molar-refractivity contribution in [3.63, 3.8) is 0 Å². The lowest BCUT2D eigenvalue weighted by Crippen LogP contribution is -2.24. The average molecular weight is 271 g/mol. The Kier molecular flexibility index (Phi) is 4.27. The van der Waals surface area contributed by atoms with Gasteiger partial charge in [-0.05, 0) is 34.0 Å². The topological polar surface area (TPSA) is 42.0 Å². The van der Waals surface area contributed by atoms with Crippen molar-refractivity contribution in [2.45, 2.75) is 20.8 Å². The lowest BCUT2D eigenvalue weighted by molar-refractivity contribution is -0.120. The first-order valence-electron chi connectivity index (χ1n) is 4.93. The first-order valence-corrected chi connectivity index (χ1v) is 5.72. The van der Waals surface area contributed by atoms with Crippen LogP contribution in [0.3, 0.4) is 0 Å². The highest BCUT2D eigenvalue weighted by atomic mass is 79.9. The minimum atomic E-state index is -0.00422. The summed E-state index contributed by atoms with van der Waals surface area (Å²) >= 11 is 3.29. The molecule has 0 aliphatic heterocycles. The van der Waals surface area contributed by atoms with Gasteiger partial charge in [-0.1, -0.05) is 20.8 Å². The molecule has 1 unspecified atom stereocenters. The summed E-state index contributed by atoms with van der Waals surface area (Å²) < 4.78 is 0.900. The number of halogens is 1. The average Bonchev–Trinajstić information content (AvgIpc) is 2.20. The summed E-state index contributed by atoms with van der Waals surface area (Å²) in [6, 6.07) is 3.62. The summed E-state index contributed by atoms with van der Waals surface area (Å²) in [4.78, 5) is 15.8. The van der Waals surface area contributed by atoms with Crippen molar-refractivity contribution in [1.29, 1.82) is 0 Å². The van der Waals surface area contributed by atoms with E-state index in [2.05, 4.69) is 26.2 Å². The molecule has 1 amide bonds. The number of nitrogens with zero attached hydrogens (tertiary/aromatic N) is 1. The van der Waals surface area contributed by atoms with Crippen molar-refractivity contribution >= 4 is 27.7 Å². The number of anilines is 1. The van der Waals surface area contributed by atoms with Crippen LogP contribution in [0.2, 0.25) is 0 Å². The molecule has 0 radical (unpaired) electrons. The number of pyridine rings is 1. The van der Waals surface area contributed by atoms with E-state index in [1.54, 1.807) is 12.3 Å². The number of nitrogens with one attached hydrogen (secondary N) is 1. The van der Waals surface area contributed by atoms with Gasteiger partial charge in [-0.3, -0.25) is 4.79 Å². The molecule has 0 saturated heterocycles. The first-order chi connectivity index (χ1) is 7.00. The summed E-state index contributed by atoms with van der Waals surface area (Å²) in [5.74, 6) is 0.936. The molecule has 0 spiro atoms. The third-order valence-electron chi connectivity index (χ3n) is 2.39. The van der Waals surface area contributed by atoms with Gasteiger partial charge < -0.3 is 5.32 Å². The summed E-state index contributed by atoms with van der Waals surface area (Å²) in [5, 5.41) is 2.78. The van der Waals surface area contributed by atoms with E-state index in [0.29, 0.717) is 11.7 Å². The number of aromatic nitrogens is 1. The molecule has 1 aromatic rings. The van der Waals surface area contributed by atoms with E-state index in [0.717, 1.165) is 4.47 Å². The molecule has 0 aliphatic carbocycles. The standard InChI is InChI=1S/C11H15BrN2O/c1-7(2)8(3)11(15)14-10-5-4-9(12)6-13-10/h4-8H,1-3H3,(H,13,14,15). The van der Waals surface area contributed by atoms with Gasteiger partial charge >= 0.3 is 0 Å². The van der Waals surface area contributed by atoms with Gasteiger partial charge in [-0.15, -0.1) is 0 Å². The molecule has 1 N–H and O–H groups in total. The van der Waals surface area contributed by atoms with Gasteiger partial charge in [0.05, 0.1) is 0 Å². The van der Waals surface area contributed by atoms with Gasteiger partial charge in [0.25, 0.3) is 0 Å². The molecule has 1 aromatic heterocycles. The Balaban J connectivity index is 2.62. The number of carbonyl (C=O) groups is 1. The van der Waals surface area contributed by atoms with Crippen molar-refractivity contribution in [3.05, 3.63) is 22.8 Å². The van der Waals surface area contributed by atoms with Crippen molar-refractivity contribution in [1.82, 2.24) is 4.98 Å². The molecule has 1 atom stereocenters. The Bertz CT molecular complexity index is 335. The Hall–Kier alpha value is -0.900. The molecule has 0 saturated carbocycles. The van der Waals surface area contributed by atoms with Crippen LogP contribution in [0, 0.1) is 11.8 Å². The lowest BCUT2D eigenvalue weighted by Gasteiger charge is -2.14. The zero-order valence-electron chi connectivity index (χ0n) is 9.12. The fraction of sp³-hybridized carbons (Fsp3) is 0.455. The zero-order valence-corrected chi connectivity index (χ0v) is 10.7. The Morgan fingerprint density at radius 2 is 2.07 bits per heavy atom. The highest BCUT2D eigenvalue weighted by molar-refractivity contribution is 9.10. The fourth-order valence-corrected chi connectivity index (χ4v) is 1.23. The zero-order chi connectivity index (χ0) is 11.4. The van der Waals surface area contributed by atoms with Crippen LogP contribution in [-0.4, -0.2) is 10.9 Å². The fourth-order valence-electron chi connectivity index (χ4n) is 0.993. The van der Waals surface area contributed by atoms with Crippen LogP contribution >= 0.6 is 15.9 Å². The van der Waals surface area contributed by atoms with Crippen molar-refractivity contribution < 1.29 is 4.79 Å². The molecule has 3 nitrogen and oxygen atoms in total. The molecule has 0 aromatic carbocycles. The lowest BCUT2D eigenvalue weighted by atomic mass is 9.97. The molecule has 4 heteroatoms. The third kappa shape index (κ3) is 3.63. The Labute approximate surface area is 98.4 Å². The van der Waals surface area contributed by atoms with E-state index >= 15 is 0 Å². The van der Waals surface area contributed by atoms with Gasteiger partial charge in [0, 0.05) is 16.6 Å². The SMILES string of the molecule is CC(C)C(C)C(=O)Nc1ccc(Br)cn1. The van der Waals surface area contributed by atoms with Crippen molar-refractivity contribution in [2.75, 3.05) is 5.32 Å². The summed E-state index contributed by atoms with van der Waals surface area (Å²) in [7, 11) is 0. The van der Waals surface area contributed by atoms with E-state index in [1.807, 2.05) is 26.8 Å². The maximum absolute atomic E-state index is 11.7. The van der Waals surface area contributed by atoms with E-state index < -0.39 is 0 Å². The Morgan fingerprint density at radius 3 is 2.53 bits per heavy atom. The maximum atomic E-state index is 11.7. The summed E-state index contributed by atoms with van der Waals surface area (Å²) in [6.45, 7) is 5.97. The smallest absolute Gasteiger partial charge is 0.228 e. The monoisotopic (exact) mass is 270 g/mol. The highest BCUT2D eigenvalue weighted by Crippen LogP contribution is 2.14. The minimum absolute atomic E-state index is 0.00422. The van der Waals surface area contributed by atoms with Crippen LogP contribution in [0.4, 0.5) is 5.82 Å². The normalized spacial score (nSPS) is 12.6. The Morgan fingerprint density at radius 1 is 1.40 bits per heavy atom. The van der Waals surface area contributed by atoms with Crippen LogP contribution in [0.1, 0.15) is 20.8 Å². The van der Waals surface area contributed by atoms with Crippen LogP contribution in [0.15, 0.2) is 22.8 Å². The van der Waals surface area contributed by atoms with Crippen molar-refractivity contribution in [2.24, 2.45) is 11.8 Å². The molecule has 0 bridgehead atoms. The van der Waals surface area contributed by atoms with Crippen LogP contribution in [0.25, 0.3) is 0 Å². The molecule has 1 rings (SSSR count). The summed E-state index contributed by atoms with van der Waals surface area (Å²) in [5.41, 5.74) is 0. The molecule has 0 aliphatic rings. The molecule has 0 fully saturated rings. The van der Waals surface area contributed by atoms with Crippen LogP contribution < -0.4 is 5.32 Å². The first kappa shape index (κ1) is 12.2. The van der Waals surface area contributed by atoms with E-state index in [1.165, 1.54) is 0 Å². The molecule has 1 heterocycles. The molecular weight excluding hydrogens is 256 g/mol. The number of carbonyl (C=O) groups excluding carboxylic acids is 1. The van der Waals surface area contributed by atoms with Crippen LogP contribution in [0.5, 0.6) is 0 Å². The van der Waals surface area contributed by atoms with Gasteiger partial charge in [0.2, 0.25) is 5.91 Å². The van der Waals surface area contributed by atoms with E-state index in [4.69, 9.17) is 0 Å².